The first-order valence-electron chi connectivity index (χ1n) is 7.40. The van der Waals surface area contributed by atoms with E-state index in [1.807, 2.05) is 17.2 Å². The fourth-order valence-corrected chi connectivity index (χ4v) is 3.20. The minimum atomic E-state index is 0.0658. The molecule has 23 heavy (non-hydrogen) atoms. The predicted octanol–water partition coefficient (Wildman–Crippen LogP) is 0.939. The third-order valence-corrected chi connectivity index (χ3v) is 4.50. The van der Waals surface area contributed by atoms with Crippen molar-refractivity contribution in [3.8, 4) is 0 Å². The number of hydrogen-bond donors (Lipinski definition) is 0. The lowest BCUT2D eigenvalue weighted by Gasteiger charge is -2.33. The maximum absolute atomic E-state index is 12.4. The number of amides is 1. The Morgan fingerprint density at radius 2 is 2.17 bits per heavy atom. The molecule has 2 aromatic heterocycles. The third-order valence-electron chi connectivity index (χ3n) is 3.78. The Labute approximate surface area is 138 Å². The van der Waals surface area contributed by atoms with Gasteiger partial charge in [-0.3, -0.25) is 9.69 Å². The van der Waals surface area contributed by atoms with E-state index in [2.05, 4.69) is 19.4 Å². The lowest BCUT2D eigenvalue weighted by Crippen LogP contribution is -2.48. The van der Waals surface area contributed by atoms with Gasteiger partial charge in [0.25, 0.3) is 5.91 Å². The molecule has 0 atom stereocenters. The number of carbonyl (C=O) groups excluding carboxylic acids is 1. The van der Waals surface area contributed by atoms with Crippen LogP contribution in [0.25, 0.3) is 0 Å². The zero-order valence-electron chi connectivity index (χ0n) is 13.2. The van der Waals surface area contributed by atoms with E-state index in [9.17, 15) is 4.79 Å². The van der Waals surface area contributed by atoms with Crippen LogP contribution in [-0.4, -0.2) is 63.5 Å². The molecule has 0 spiro atoms. The third kappa shape index (κ3) is 3.74. The van der Waals surface area contributed by atoms with E-state index in [-0.39, 0.29) is 5.91 Å². The molecular weight excluding hydrogens is 318 g/mol. The van der Waals surface area contributed by atoms with Crippen LogP contribution in [-0.2, 0) is 17.9 Å². The van der Waals surface area contributed by atoms with E-state index >= 15 is 0 Å². The Morgan fingerprint density at radius 3 is 2.83 bits per heavy atom. The van der Waals surface area contributed by atoms with Crippen LogP contribution in [0.5, 0.6) is 0 Å². The quantitative estimate of drug-likeness (QED) is 0.802. The second-order valence-electron chi connectivity index (χ2n) is 5.42. The zero-order chi connectivity index (χ0) is 16.2. The zero-order valence-corrected chi connectivity index (χ0v) is 14.0. The number of aromatic nitrogens is 3. The summed E-state index contributed by atoms with van der Waals surface area (Å²) >= 11 is 1.32. The van der Waals surface area contributed by atoms with Crippen molar-refractivity contribution in [1.29, 1.82) is 0 Å². The summed E-state index contributed by atoms with van der Waals surface area (Å²) < 4.78 is 14.3. The van der Waals surface area contributed by atoms with Crippen LogP contribution in [0.4, 0.5) is 0 Å². The van der Waals surface area contributed by atoms with Crippen molar-refractivity contribution in [2.24, 2.45) is 0 Å². The molecule has 0 aliphatic carbocycles. The molecule has 1 aliphatic heterocycles. The Kier molecular flexibility index (Phi) is 4.99. The van der Waals surface area contributed by atoms with E-state index in [0.717, 1.165) is 18.8 Å². The Hall–Kier alpha value is -1.84. The van der Waals surface area contributed by atoms with E-state index < -0.39 is 0 Å². The summed E-state index contributed by atoms with van der Waals surface area (Å²) in [5, 5.41) is 5.67. The summed E-state index contributed by atoms with van der Waals surface area (Å²) in [6.07, 6.45) is 0. The SMILES string of the molecule is COCc1noc(CN2CCN(C(=O)c3csnc3C)CC2)n1. The van der Waals surface area contributed by atoms with Crippen LogP contribution in [0.15, 0.2) is 9.90 Å². The van der Waals surface area contributed by atoms with Gasteiger partial charge in [-0.05, 0) is 18.5 Å². The highest BCUT2D eigenvalue weighted by Gasteiger charge is 2.24. The molecule has 0 saturated carbocycles. The van der Waals surface area contributed by atoms with Crippen LogP contribution in [0.3, 0.4) is 0 Å². The van der Waals surface area contributed by atoms with Crippen molar-refractivity contribution in [3.63, 3.8) is 0 Å². The second-order valence-corrected chi connectivity index (χ2v) is 6.05. The molecule has 9 heteroatoms. The van der Waals surface area contributed by atoms with Gasteiger partial charge in [0.15, 0.2) is 5.82 Å². The maximum atomic E-state index is 12.4. The molecule has 1 amide bonds. The van der Waals surface area contributed by atoms with Crippen molar-refractivity contribution in [1.82, 2.24) is 24.3 Å². The summed E-state index contributed by atoms with van der Waals surface area (Å²) in [6, 6.07) is 0. The molecule has 8 nitrogen and oxygen atoms in total. The summed E-state index contributed by atoms with van der Waals surface area (Å²) in [5.41, 5.74) is 1.52. The lowest BCUT2D eigenvalue weighted by molar-refractivity contribution is 0.0614. The molecule has 1 aliphatic rings. The van der Waals surface area contributed by atoms with E-state index in [0.29, 0.717) is 43.5 Å². The second kappa shape index (κ2) is 7.16. The normalized spacial score (nSPS) is 16.0. The summed E-state index contributed by atoms with van der Waals surface area (Å²) in [4.78, 5) is 20.8. The fourth-order valence-electron chi connectivity index (χ4n) is 2.51. The molecule has 124 valence electrons. The largest absolute Gasteiger partial charge is 0.377 e. The van der Waals surface area contributed by atoms with Crippen LogP contribution < -0.4 is 0 Å². The van der Waals surface area contributed by atoms with E-state index in [1.165, 1.54) is 11.5 Å². The minimum Gasteiger partial charge on any atom is -0.377 e. The molecule has 1 fully saturated rings. The number of aryl methyl sites for hydroxylation is 1. The molecule has 0 bridgehead atoms. The number of hydrogen-bond acceptors (Lipinski definition) is 8. The van der Waals surface area contributed by atoms with Gasteiger partial charge in [0.2, 0.25) is 5.89 Å². The number of ether oxygens (including phenoxy) is 1. The highest BCUT2D eigenvalue weighted by molar-refractivity contribution is 7.03. The van der Waals surface area contributed by atoms with E-state index in [4.69, 9.17) is 9.26 Å². The van der Waals surface area contributed by atoms with Crippen molar-refractivity contribution >= 4 is 17.4 Å². The smallest absolute Gasteiger partial charge is 0.256 e. The molecule has 1 saturated heterocycles. The van der Waals surface area contributed by atoms with Crippen LogP contribution in [0.1, 0.15) is 27.8 Å². The van der Waals surface area contributed by atoms with Crippen LogP contribution >= 0.6 is 11.5 Å². The van der Waals surface area contributed by atoms with Crippen LogP contribution in [0.2, 0.25) is 0 Å². The number of carbonyl (C=O) groups is 1. The van der Waals surface area contributed by atoms with Crippen molar-refractivity contribution in [3.05, 3.63) is 28.4 Å². The molecule has 0 radical (unpaired) electrons. The first kappa shape index (κ1) is 16.0. The topological polar surface area (TPSA) is 84.6 Å². The number of methoxy groups -OCH3 is 1. The van der Waals surface area contributed by atoms with Gasteiger partial charge < -0.3 is 14.2 Å². The molecule has 2 aromatic rings. The average Bonchev–Trinajstić information content (AvgIpc) is 3.17. The first-order chi connectivity index (χ1) is 11.2. The fraction of sp³-hybridized carbons (Fsp3) is 0.571. The highest BCUT2D eigenvalue weighted by atomic mass is 32.1. The Balaban J connectivity index is 1.52. The number of rotatable bonds is 5. The van der Waals surface area contributed by atoms with Gasteiger partial charge in [0.05, 0.1) is 17.8 Å². The van der Waals surface area contributed by atoms with E-state index in [1.54, 1.807) is 7.11 Å². The van der Waals surface area contributed by atoms with Gasteiger partial charge in [-0.1, -0.05) is 5.16 Å². The first-order valence-corrected chi connectivity index (χ1v) is 8.24. The monoisotopic (exact) mass is 337 g/mol. The van der Waals surface area contributed by atoms with Crippen molar-refractivity contribution in [2.75, 3.05) is 33.3 Å². The molecular formula is C14H19N5O3S. The molecule has 3 heterocycles. The highest BCUT2D eigenvalue weighted by Crippen LogP contribution is 2.15. The molecule has 0 aromatic carbocycles. The van der Waals surface area contributed by atoms with Crippen molar-refractivity contribution < 1.29 is 14.1 Å². The molecule has 0 N–H and O–H groups in total. The standard InChI is InChI=1S/C14H19N5O3S/c1-10-11(9-23-17-10)14(20)19-5-3-18(4-6-19)7-13-15-12(8-21-2)16-22-13/h9H,3-8H2,1-2H3. The van der Waals surface area contributed by atoms with Gasteiger partial charge in [-0.2, -0.15) is 9.36 Å². The van der Waals surface area contributed by atoms with Gasteiger partial charge in [0, 0.05) is 38.7 Å². The average molecular weight is 337 g/mol. The van der Waals surface area contributed by atoms with Gasteiger partial charge >= 0.3 is 0 Å². The predicted molar refractivity (Wildman–Crippen MR) is 83.0 cm³/mol. The Bertz CT molecular complexity index is 663. The molecule has 3 rings (SSSR count). The van der Waals surface area contributed by atoms with Gasteiger partial charge in [-0.15, -0.1) is 0 Å². The molecule has 0 unspecified atom stereocenters. The number of piperazine rings is 1. The lowest BCUT2D eigenvalue weighted by atomic mass is 10.2. The van der Waals surface area contributed by atoms with Crippen LogP contribution in [0, 0.1) is 6.92 Å². The minimum absolute atomic E-state index is 0.0658. The van der Waals surface area contributed by atoms with Gasteiger partial charge in [0.1, 0.15) is 6.61 Å². The number of nitrogens with zero attached hydrogens (tertiary/aromatic N) is 5. The van der Waals surface area contributed by atoms with Crippen molar-refractivity contribution in [2.45, 2.75) is 20.1 Å². The maximum Gasteiger partial charge on any atom is 0.256 e. The summed E-state index contributed by atoms with van der Waals surface area (Å²) in [5.74, 6) is 1.20. The summed E-state index contributed by atoms with van der Waals surface area (Å²) in [6.45, 7) is 5.75. The summed E-state index contributed by atoms with van der Waals surface area (Å²) in [7, 11) is 1.59. The van der Waals surface area contributed by atoms with Gasteiger partial charge in [-0.25, -0.2) is 0 Å². The Morgan fingerprint density at radius 1 is 1.39 bits per heavy atom.